The van der Waals surface area contributed by atoms with Crippen molar-refractivity contribution in [2.75, 3.05) is 43.4 Å². The van der Waals surface area contributed by atoms with Gasteiger partial charge in [0, 0.05) is 47.6 Å². The Kier molecular flexibility index (Phi) is 8.93. The zero-order valence-corrected chi connectivity index (χ0v) is 22.3. The fraction of sp³-hybridized carbons (Fsp3) is 0.310. The summed E-state index contributed by atoms with van der Waals surface area (Å²) in [6.45, 7) is 6.81. The van der Waals surface area contributed by atoms with Crippen molar-refractivity contribution in [3.8, 4) is 0 Å². The number of nitrogens with zero attached hydrogens (tertiary/aromatic N) is 2. The Morgan fingerprint density at radius 3 is 2.16 bits per heavy atom. The van der Waals surface area contributed by atoms with E-state index in [2.05, 4.69) is 95.8 Å². The zero-order valence-electron chi connectivity index (χ0n) is 21.5. The Balaban J connectivity index is 0.000000323. The molecule has 200 valence electrons. The molecule has 0 saturated carbocycles. The summed E-state index contributed by atoms with van der Waals surface area (Å²) in [4.78, 5) is 26.9. The van der Waals surface area contributed by atoms with Crippen LogP contribution >= 0.6 is 11.8 Å². The lowest BCUT2D eigenvalue weighted by Crippen LogP contribution is -2.44. The van der Waals surface area contributed by atoms with Crippen LogP contribution in [0.15, 0.2) is 76.5 Å². The highest BCUT2D eigenvalue weighted by atomic mass is 32.2. The van der Waals surface area contributed by atoms with Gasteiger partial charge in [-0.1, -0.05) is 49.0 Å². The minimum absolute atomic E-state index is 0.366. The molecule has 0 bridgehead atoms. The first-order valence-corrected chi connectivity index (χ1v) is 13.4. The first-order valence-electron chi connectivity index (χ1n) is 12.5. The van der Waals surface area contributed by atoms with Crippen LogP contribution in [0.3, 0.4) is 0 Å². The van der Waals surface area contributed by atoms with Gasteiger partial charge in [-0.3, -0.25) is 4.79 Å². The van der Waals surface area contributed by atoms with Crippen LogP contribution < -0.4 is 10.2 Å². The summed E-state index contributed by atoms with van der Waals surface area (Å²) in [5.41, 5.74) is 6.47. The predicted octanol–water partition coefficient (Wildman–Crippen LogP) is 4.71. The molecule has 38 heavy (non-hydrogen) atoms. The largest absolute Gasteiger partial charge is 0.481 e. The number of aliphatic hydroxyl groups is 1. The Labute approximate surface area is 226 Å². The van der Waals surface area contributed by atoms with E-state index in [9.17, 15) is 9.59 Å². The standard InChI is InChI=1S/C25H27N3S.C4H6O5/c1-18(19-7-10-21(11-8-19)28-15-13-27(2)14-16-28)20-9-12-25-23(17-20)26-22-5-3-4-6-24(22)29-25;5-2(4(8)9)1-3(6)7/h3-12,17-18,26H,13-16H2,1-2H3;2,5H,1H2,(H,6,7)(H,8,9). The van der Waals surface area contributed by atoms with Gasteiger partial charge in [0.25, 0.3) is 0 Å². The Morgan fingerprint density at radius 2 is 1.53 bits per heavy atom. The van der Waals surface area contributed by atoms with Crippen molar-refractivity contribution in [2.24, 2.45) is 0 Å². The van der Waals surface area contributed by atoms with Crippen molar-refractivity contribution < 1.29 is 24.9 Å². The minimum atomic E-state index is -1.79. The van der Waals surface area contributed by atoms with Crippen LogP contribution in [0.5, 0.6) is 0 Å². The fourth-order valence-electron chi connectivity index (χ4n) is 4.41. The van der Waals surface area contributed by atoms with E-state index in [4.69, 9.17) is 15.3 Å². The molecular weight excluding hydrogens is 502 g/mol. The summed E-state index contributed by atoms with van der Waals surface area (Å²) in [5.74, 6) is -2.48. The molecule has 0 aliphatic carbocycles. The number of aliphatic carboxylic acids is 2. The monoisotopic (exact) mass is 535 g/mol. The van der Waals surface area contributed by atoms with Crippen LogP contribution in [0.2, 0.25) is 0 Å². The Morgan fingerprint density at radius 1 is 0.895 bits per heavy atom. The van der Waals surface area contributed by atoms with Crippen molar-refractivity contribution >= 4 is 40.8 Å². The molecule has 0 radical (unpaired) electrons. The van der Waals surface area contributed by atoms with E-state index in [1.165, 1.54) is 38.0 Å². The molecule has 1 saturated heterocycles. The number of carboxylic acid groups (broad SMARTS) is 2. The second-order valence-electron chi connectivity index (χ2n) is 9.53. The molecule has 2 unspecified atom stereocenters. The molecule has 2 aliphatic rings. The number of hydrogen-bond donors (Lipinski definition) is 4. The van der Waals surface area contributed by atoms with Gasteiger partial charge in [0.1, 0.15) is 0 Å². The quantitative estimate of drug-likeness (QED) is 0.279. The van der Waals surface area contributed by atoms with Crippen LogP contribution in [0, 0.1) is 0 Å². The van der Waals surface area contributed by atoms with Crippen molar-refractivity contribution in [3.63, 3.8) is 0 Å². The highest BCUT2D eigenvalue weighted by Crippen LogP contribution is 2.45. The van der Waals surface area contributed by atoms with E-state index < -0.39 is 24.5 Å². The number of piperazine rings is 1. The van der Waals surface area contributed by atoms with Gasteiger partial charge in [-0.2, -0.15) is 0 Å². The summed E-state index contributed by atoms with van der Waals surface area (Å²) in [5, 5.41) is 27.8. The SMILES string of the molecule is CC(c1ccc(N2CCN(C)CC2)cc1)c1ccc2c(c1)Nc1ccccc1S2.O=C(O)CC(O)C(=O)O. The molecule has 3 aromatic rings. The molecule has 0 spiro atoms. The number of anilines is 3. The number of aliphatic hydroxyl groups excluding tert-OH is 1. The predicted molar refractivity (Wildman–Crippen MR) is 150 cm³/mol. The normalized spacial score (nSPS) is 16.1. The molecule has 0 aromatic heterocycles. The molecular formula is C29H33N3O5S. The second-order valence-corrected chi connectivity index (χ2v) is 10.6. The first-order chi connectivity index (χ1) is 18.2. The molecule has 8 nitrogen and oxygen atoms in total. The number of carbonyl (C=O) groups is 2. The number of benzene rings is 3. The summed E-state index contributed by atoms with van der Waals surface area (Å²) in [6, 6.07) is 24.6. The highest BCUT2D eigenvalue weighted by molar-refractivity contribution is 7.99. The molecule has 2 heterocycles. The van der Waals surface area contributed by atoms with Crippen molar-refractivity contribution in [2.45, 2.75) is 35.2 Å². The van der Waals surface area contributed by atoms with Crippen LogP contribution in [0.4, 0.5) is 17.1 Å². The third-order valence-electron chi connectivity index (χ3n) is 6.79. The third-order valence-corrected chi connectivity index (χ3v) is 7.95. The fourth-order valence-corrected chi connectivity index (χ4v) is 5.38. The lowest BCUT2D eigenvalue weighted by atomic mass is 9.92. The number of hydrogen-bond acceptors (Lipinski definition) is 7. The molecule has 1 fully saturated rings. The Hall–Kier alpha value is -3.53. The van der Waals surface area contributed by atoms with E-state index in [-0.39, 0.29) is 0 Å². The lowest BCUT2D eigenvalue weighted by molar-refractivity contribution is -0.152. The minimum Gasteiger partial charge on any atom is -0.481 e. The Bertz CT molecular complexity index is 1280. The molecule has 2 atom stereocenters. The van der Waals surface area contributed by atoms with Crippen LogP contribution in [-0.4, -0.2) is 71.5 Å². The van der Waals surface area contributed by atoms with E-state index >= 15 is 0 Å². The smallest absolute Gasteiger partial charge is 0.333 e. The average Bonchev–Trinajstić information content (AvgIpc) is 2.91. The number of para-hydroxylation sites is 1. The molecule has 4 N–H and O–H groups in total. The highest BCUT2D eigenvalue weighted by Gasteiger charge is 2.19. The molecule has 3 aromatic carbocycles. The number of nitrogens with one attached hydrogen (secondary N) is 1. The van der Waals surface area contributed by atoms with Crippen LogP contribution in [0.1, 0.15) is 30.4 Å². The third kappa shape index (κ3) is 6.86. The topological polar surface area (TPSA) is 113 Å². The molecule has 5 rings (SSSR count). The van der Waals surface area contributed by atoms with Crippen molar-refractivity contribution in [1.82, 2.24) is 4.90 Å². The van der Waals surface area contributed by atoms with Gasteiger partial charge >= 0.3 is 11.9 Å². The van der Waals surface area contributed by atoms with Crippen molar-refractivity contribution in [3.05, 3.63) is 77.9 Å². The number of fused-ring (bicyclic) bond motifs is 2. The lowest BCUT2D eigenvalue weighted by Gasteiger charge is -2.34. The number of carboxylic acids is 2. The maximum absolute atomic E-state index is 9.72. The van der Waals surface area contributed by atoms with E-state index in [0.717, 1.165) is 26.2 Å². The van der Waals surface area contributed by atoms with Gasteiger partial charge in [-0.15, -0.1) is 0 Å². The summed E-state index contributed by atoms with van der Waals surface area (Å²) in [7, 11) is 2.20. The van der Waals surface area contributed by atoms with E-state index in [1.54, 1.807) is 0 Å². The molecule has 2 aliphatic heterocycles. The van der Waals surface area contributed by atoms with Crippen molar-refractivity contribution in [1.29, 1.82) is 0 Å². The van der Waals surface area contributed by atoms with E-state index in [1.807, 2.05) is 11.8 Å². The van der Waals surface area contributed by atoms with Gasteiger partial charge in [0.05, 0.1) is 17.8 Å². The van der Waals surface area contributed by atoms with Gasteiger partial charge < -0.3 is 30.4 Å². The molecule has 9 heteroatoms. The van der Waals surface area contributed by atoms with E-state index in [0.29, 0.717) is 5.92 Å². The summed E-state index contributed by atoms with van der Waals surface area (Å²) in [6.07, 6.45) is -2.54. The zero-order chi connectivity index (χ0) is 27.2. The maximum atomic E-state index is 9.72. The van der Waals surface area contributed by atoms with Crippen LogP contribution in [0.25, 0.3) is 0 Å². The summed E-state index contributed by atoms with van der Waals surface area (Å²) >= 11 is 1.85. The van der Waals surface area contributed by atoms with Gasteiger partial charge in [-0.25, -0.2) is 4.79 Å². The number of rotatable bonds is 6. The van der Waals surface area contributed by atoms with Gasteiger partial charge in [0.2, 0.25) is 0 Å². The second kappa shape index (κ2) is 12.3. The maximum Gasteiger partial charge on any atom is 0.333 e. The average molecular weight is 536 g/mol. The van der Waals surface area contributed by atoms with Gasteiger partial charge in [0.15, 0.2) is 6.10 Å². The van der Waals surface area contributed by atoms with Gasteiger partial charge in [-0.05, 0) is 54.6 Å². The first kappa shape index (κ1) is 27.5. The summed E-state index contributed by atoms with van der Waals surface area (Å²) < 4.78 is 0. The number of likely N-dealkylation sites (N-methyl/N-ethyl adjacent to an activating group) is 1. The van der Waals surface area contributed by atoms with Crippen LogP contribution in [-0.2, 0) is 9.59 Å². The molecule has 0 amide bonds.